The molecule has 190 valence electrons. The van der Waals surface area contributed by atoms with Crippen LogP contribution >= 0.6 is 0 Å². The van der Waals surface area contributed by atoms with E-state index in [9.17, 15) is 0 Å². The number of rotatable bonds is 2. The summed E-state index contributed by atoms with van der Waals surface area (Å²) in [4.78, 5) is 0. The van der Waals surface area contributed by atoms with Gasteiger partial charge in [-0.05, 0) is 76.0 Å². The minimum atomic E-state index is 0.0217. The Labute approximate surface area is 231 Å². The number of aromatic nitrogens is 2. The average molecular weight is 507 g/mol. The summed E-state index contributed by atoms with van der Waals surface area (Å²) >= 11 is 0. The van der Waals surface area contributed by atoms with Crippen molar-refractivity contribution in [3.05, 3.63) is 120 Å². The van der Waals surface area contributed by atoms with Crippen molar-refractivity contribution >= 4 is 43.4 Å². The molecule has 0 saturated heterocycles. The van der Waals surface area contributed by atoms with Crippen LogP contribution < -0.4 is 4.57 Å². The number of hydrogen-bond acceptors (Lipinski definition) is 0. The van der Waals surface area contributed by atoms with E-state index < -0.39 is 0 Å². The van der Waals surface area contributed by atoms with Crippen LogP contribution in [0.1, 0.15) is 33.3 Å². The highest BCUT2D eigenvalue weighted by Gasteiger charge is 2.25. The van der Waals surface area contributed by atoms with E-state index in [1.807, 2.05) is 12.1 Å². The molecule has 0 aliphatic carbocycles. The smallest absolute Gasteiger partial charge is 0.220 e. The van der Waals surface area contributed by atoms with Gasteiger partial charge in [0.25, 0.3) is 0 Å². The van der Waals surface area contributed by atoms with Crippen molar-refractivity contribution in [2.24, 2.45) is 7.05 Å². The maximum Gasteiger partial charge on any atom is 0.220 e. The van der Waals surface area contributed by atoms with E-state index in [4.69, 9.17) is 1.37 Å². The molecule has 0 saturated carbocycles. The molecule has 0 aliphatic rings. The minimum Gasteiger partial charge on any atom is -0.309 e. The van der Waals surface area contributed by atoms with Crippen LogP contribution in [-0.4, -0.2) is 4.57 Å². The van der Waals surface area contributed by atoms with E-state index in [2.05, 4.69) is 135 Å². The lowest BCUT2D eigenvalue weighted by molar-refractivity contribution is -0.659. The molecule has 2 nitrogen and oxygen atoms in total. The van der Waals surface area contributed by atoms with Gasteiger partial charge in [0.1, 0.15) is 7.05 Å². The van der Waals surface area contributed by atoms with Gasteiger partial charge in [0.15, 0.2) is 6.20 Å². The SMILES string of the molecule is [2H]c1ccc2c(c1)c1ccccc1n2-c1ccc2c(-c3cc(C(C)(C)C)c4ccccc4c3C)[n+](C)ccc2c1. The van der Waals surface area contributed by atoms with E-state index in [1.165, 1.54) is 49.3 Å². The fourth-order valence-electron chi connectivity index (χ4n) is 6.36. The topological polar surface area (TPSA) is 8.81 Å². The number of benzene rings is 5. The highest BCUT2D eigenvalue weighted by Crippen LogP contribution is 2.39. The van der Waals surface area contributed by atoms with E-state index in [0.29, 0.717) is 6.04 Å². The van der Waals surface area contributed by atoms with Crippen molar-refractivity contribution in [3.63, 3.8) is 0 Å². The minimum absolute atomic E-state index is 0.0217. The molecule has 0 N–H and O–H groups in total. The van der Waals surface area contributed by atoms with Crippen LogP contribution in [0.2, 0.25) is 0 Å². The summed E-state index contributed by atoms with van der Waals surface area (Å²) < 4.78 is 12.8. The van der Waals surface area contributed by atoms with Gasteiger partial charge in [0.2, 0.25) is 5.69 Å². The maximum absolute atomic E-state index is 8.21. The van der Waals surface area contributed by atoms with Crippen molar-refractivity contribution in [2.75, 3.05) is 0 Å². The van der Waals surface area contributed by atoms with E-state index in [-0.39, 0.29) is 5.41 Å². The van der Waals surface area contributed by atoms with Crippen LogP contribution in [0.15, 0.2) is 109 Å². The normalized spacial score (nSPS) is 12.6. The first kappa shape index (κ1) is 22.5. The third kappa shape index (κ3) is 3.59. The molecule has 5 aromatic carbocycles. The number of aryl methyl sites for hydroxylation is 2. The Balaban J connectivity index is 1.51. The third-order valence-electron chi connectivity index (χ3n) is 8.27. The van der Waals surface area contributed by atoms with Gasteiger partial charge in [-0.15, -0.1) is 0 Å². The molecule has 7 aromatic rings. The van der Waals surface area contributed by atoms with Crippen LogP contribution in [-0.2, 0) is 12.5 Å². The van der Waals surface area contributed by atoms with Crippen molar-refractivity contribution in [1.29, 1.82) is 0 Å². The fraction of sp³-hybridized carbons (Fsp3) is 0.162. The molecule has 0 fully saturated rings. The number of hydrogen-bond donors (Lipinski definition) is 0. The van der Waals surface area contributed by atoms with Crippen molar-refractivity contribution in [3.8, 4) is 16.9 Å². The molecule has 2 aromatic heterocycles. The second-order valence-corrected chi connectivity index (χ2v) is 11.7. The second kappa shape index (κ2) is 8.54. The van der Waals surface area contributed by atoms with Gasteiger partial charge in [-0.3, -0.25) is 0 Å². The van der Waals surface area contributed by atoms with Crippen molar-refractivity contribution < 1.29 is 5.94 Å². The predicted molar refractivity (Wildman–Crippen MR) is 166 cm³/mol. The quantitative estimate of drug-likeness (QED) is 0.207. The highest BCUT2D eigenvalue weighted by atomic mass is 15.0. The maximum atomic E-state index is 8.21. The summed E-state index contributed by atoms with van der Waals surface area (Å²) in [7, 11) is 2.15. The molecule has 2 heteroatoms. The van der Waals surface area contributed by atoms with E-state index >= 15 is 0 Å². The standard InChI is InChI=1S/C37H33N2/c1-24-27-12-6-7-13-29(27)33(37(2,3)4)23-32(24)36-28-19-18-26(22-25(28)20-21-38(36)5)39-34-16-10-8-14-30(34)31-15-9-11-17-35(31)39/h6-23H,1-5H3/q+1/i8D. The molecular weight excluding hydrogens is 472 g/mol. The summed E-state index contributed by atoms with van der Waals surface area (Å²) in [5.41, 5.74) is 8.63. The third-order valence-corrected chi connectivity index (χ3v) is 8.27. The van der Waals surface area contributed by atoms with Gasteiger partial charge in [-0.1, -0.05) is 81.4 Å². The lowest BCUT2D eigenvalue weighted by Gasteiger charge is -2.24. The second-order valence-electron chi connectivity index (χ2n) is 11.7. The molecule has 7 rings (SSSR count). The molecule has 0 spiro atoms. The van der Waals surface area contributed by atoms with Gasteiger partial charge >= 0.3 is 0 Å². The van der Waals surface area contributed by atoms with E-state index in [0.717, 1.165) is 22.1 Å². The van der Waals surface area contributed by atoms with Crippen LogP contribution in [0.25, 0.3) is 60.3 Å². The first-order valence-electron chi connectivity index (χ1n) is 14.2. The van der Waals surface area contributed by atoms with Crippen LogP contribution in [0, 0.1) is 6.92 Å². The van der Waals surface area contributed by atoms with Crippen LogP contribution in [0.3, 0.4) is 0 Å². The van der Waals surface area contributed by atoms with Gasteiger partial charge in [-0.2, -0.15) is 0 Å². The van der Waals surface area contributed by atoms with Crippen LogP contribution in [0.4, 0.5) is 0 Å². The van der Waals surface area contributed by atoms with Crippen molar-refractivity contribution in [2.45, 2.75) is 33.1 Å². The number of para-hydroxylation sites is 2. The molecule has 2 heterocycles. The highest BCUT2D eigenvalue weighted by molar-refractivity contribution is 6.09. The fourth-order valence-corrected chi connectivity index (χ4v) is 6.36. The van der Waals surface area contributed by atoms with Gasteiger partial charge < -0.3 is 4.57 Å². The number of pyridine rings is 1. The summed E-state index contributed by atoms with van der Waals surface area (Å²) in [5.74, 6) is 0. The molecule has 39 heavy (non-hydrogen) atoms. The summed E-state index contributed by atoms with van der Waals surface area (Å²) in [5, 5.41) is 7.39. The summed E-state index contributed by atoms with van der Waals surface area (Å²) in [6.07, 6.45) is 2.19. The zero-order valence-electron chi connectivity index (χ0n) is 24.2. The zero-order valence-corrected chi connectivity index (χ0v) is 23.2. The molecule has 0 unspecified atom stereocenters. The molecule has 0 bridgehead atoms. The Bertz CT molecular complexity index is 2130. The largest absolute Gasteiger partial charge is 0.309 e. The Hall–Kier alpha value is -4.43. The van der Waals surface area contributed by atoms with E-state index in [1.54, 1.807) is 0 Å². The number of fused-ring (bicyclic) bond motifs is 5. The number of nitrogens with zero attached hydrogens (tertiary/aromatic N) is 2. The Morgan fingerprint density at radius 1 is 0.692 bits per heavy atom. The van der Waals surface area contributed by atoms with Crippen LogP contribution in [0.5, 0.6) is 0 Å². The summed E-state index contributed by atoms with van der Waals surface area (Å²) in [6.45, 7) is 9.17. The molecule has 0 atom stereocenters. The van der Waals surface area contributed by atoms with Gasteiger partial charge in [0, 0.05) is 22.5 Å². The van der Waals surface area contributed by atoms with Gasteiger partial charge in [-0.25, -0.2) is 4.57 Å². The lowest BCUT2D eigenvalue weighted by Crippen LogP contribution is -2.31. The summed E-state index contributed by atoms with van der Waals surface area (Å²) in [6, 6.07) is 35.3. The zero-order chi connectivity index (χ0) is 27.8. The average Bonchev–Trinajstić information content (AvgIpc) is 3.26. The first-order valence-corrected chi connectivity index (χ1v) is 13.7. The molecular formula is C37H33N2+. The van der Waals surface area contributed by atoms with Gasteiger partial charge in [0.05, 0.1) is 23.4 Å². The molecule has 0 aliphatic heterocycles. The lowest BCUT2D eigenvalue weighted by atomic mass is 9.80. The van der Waals surface area contributed by atoms with Crippen molar-refractivity contribution in [1.82, 2.24) is 4.57 Å². The molecule has 0 radical (unpaired) electrons. The first-order chi connectivity index (χ1) is 19.2. The Morgan fingerprint density at radius 2 is 1.36 bits per heavy atom. The monoisotopic (exact) mass is 506 g/mol. The Morgan fingerprint density at radius 3 is 2.13 bits per heavy atom. The molecule has 0 amide bonds. The predicted octanol–water partition coefficient (Wildman–Crippen LogP) is 9.19. The Kier molecular flexibility index (Phi) is 4.94.